The van der Waals surface area contributed by atoms with Crippen molar-refractivity contribution in [3.8, 4) is 5.75 Å². The van der Waals surface area contributed by atoms with E-state index in [0.717, 1.165) is 12.2 Å². The van der Waals surface area contributed by atoms with Crippen LogP contribution in [0.4, 0.5) is 5.69 Å². The number of nitrogens with zero attached hydrogens (tertiary/aromatic N) is 1. The molecule has 6 atom stereocenters. The van der Waals surface area contributed by atoms with Gasteiger partial charge in [-0.3, -0.25) is 19.3 Å². The van der Waals surface area contributed by atoms with E-state index >= 15 is 0 Å². The number of benzene rings is 1. The number of nitrogens with one attached hydrogen (secondary N) is 1. The molecule has 0 radical (unpaired) electrons. The Hall–Kier alpha value is -2.63. The van der Waals surface area contributed by atoms with Crippen molar-refractivity contribution in [1.82, 2.24) is 4.90 Å². The van der Waals surface area contributed by atoms with Crippen LogP contribution in [-0.2, 0) is 14.4 Å². The number of allylic oxidation sites excluding steroid dienone is 2. The Bertz CT molecular complexity index is 810. The molecule has 0 aromatic heterocycles. The Labute approximate surface area is 157 Å². The van der Waals surface area contributed by atoms with Gasteiger partial charge in [-0.15, -0.1) is 0 Å². The first kappa shape index (κ1) is 16.5. The van der Waals surface area contributed by atoms with Gasteiger partial charge >= 0.3 is 0 Å². The summed E-state index contributed by atoms with van der Waals surface area (Å²) in [6.45, 7) is 2.26. The van der Waals surface area contributed by atoms with Gasteiger partial charge in [-0.1, -0.05) is 12.2 Å². The largest absolute Gasteiger partial charge is 0.494 e. The number of hydrogen-bond donors (Lipinski definition) is 1. The Kier molecular flexibility index (Phi) is 3.64. The first-order valence-electron chi connectivity index (χ1n) is 9.64. The van der Waals surface area contributed by atoms with Crippen LogP contribution in [-0.4, -0.2) is 35.8 Å². The SMILES string of the molecule is CCOc1ccc(NC(=O)CN2C(=O)[C@@H]3[C@H]4C=C[C@@H]([C@@H]5C[C@@H]45)[C@@H]3C2=O)cc1. The molecule has 2 saturated carbocycles. The zero-order valence-electron chi connectivity index (χ0n) is 15.1. The van der Waals surface area contributed by atoms with Crippen LogP contribution in [0.1, 0.15) is 13.3 Å². The van der Waals surface area contributed by atoms with Crippen LogP contribution in [0.25, 0.3) is 0 Å². The molecule has 0 unspecified atom stereocenters. The third-order valence-electron chi connectivity index (χ3n) is 6.50. The third-order valence-corrected chi connectivity index (χ3v) is 6.50. The van der Waals surface area contributed by atoms with Crippen LogP contribution in [0.5, 0.6) is 5.75 Å². The number of likely N-dealkylation sites (tertiary alicyclic amines) is 1. The molecule has 1 saturated heterocycles. The van der Waals surface area contributed by atoms with Crippen LogP contribution in [0.15, 0.2) is 36.4 Å². The van der Waals surface area contributed by atoms with E-state index in [1.54, 1.807) is 24.3 Å². The van der Waals surface area contributed by atoms with Gasteiger partial charge in [0.1, 0.15) is 12.3 Å². The van der Waals surface area contributed by atoms with E-state index in [1.165, 1.54) is 4.90 Å². The van der Waals surface area contributed by atoms with E-state index < -0.39 is 0 Å². The summed E-state index contributed by atoms with van der Waals surface area (Å²) < 4.78 is 5.38. The van der Waals surface area contributed by atoms with Crippen molar-refractivity contribution >= 4 is 23.4 Å². The van der Waals surface area contributed by atoms with Gasteiger partial charge in [-0.05, 0) is 61.3 Å². The maximum Gasteiger partial charge on any atom is 0.244 e. The molecule has 140 valence electrons. The van der Waals surface area contributed by atoms with E-state index in [0.29, 0.717) is 24.1 Å². The fourth-order valence-electron chi connectivity index (χ4n) is 5.32. The molecular formula is C21H22N2O4. The van der Waals surface area contributed by atoms with Crippen LogP contribution < -0.4 is 10.1 Å². The number of carbonyl (C=O) groups is 3. The summed E-state index contributed by atoms with van der Waals surface area (Å²) in [5, 5.41) is 2.76. The summed E-state index contributed by atoms with van der Waals surface area (Å²) in [5.74, 6) is 1.01. The quantitative estimate of drug-likeness (QED) is 0.639. The minimum Gasteiger partial charge on any atom is -0.494 e. The van der Waals surface area contributed by atoms with Gasteiger partial charge in [-0.25, -0.2) is 0 Å². The Morgan fingerprint density at radius 1 is 1.07 bits per heavy atom. The highest BCUT2D eigenvalue weighted by Crippen LogP contribution is 2.65. The van der Waals surface area contributed by atoms with Crippen LogP contribution in [0.3, 0.4) is 0 Å². The number of ether oxygens (including phenoxy) is 1. The molecule has 1 aromatic carbocycles. The Balaban J connectivity index is 1.27. The van der Waals surface area contributed by atoms with Crippen molar-refractivity contribution in [3.05, 3.63) is 36.4 Å². The van der Waals surface area contributed by atoms with Gasteiger partial charge in [0.05, 0.1) is 18.4 Å². The van der Waals surface area contributed by atoms with E-state index in [1.807, 2.05) is 6.92 Å². The van der Waals surface area contributed by atoms with Crippen molar-refractivity contribution in [3.63, 3.8) is 0 Å². The van der Waals surface area contributed by atoms with Crippen molar-refractivity contribution in [2.75, 3.05) is 18.5 Å². The summed E-state index contributed by atoms with van der Waals surface area (Å²) in [7, 11) is 0. The first-order valence-corrected chi connectivity index (χ1v) is 9.64. The van der Waals surface area contributed by atoms with Gasteiger partial charge in [0.2, 0.25) is 17.7 Å². The van der Waals surface area contributed by atoms with Gasteiger partial charge in [0.25, 0.3) is 0 Å². The molecule has 1 aromatic rings. The highest BCUT2D eigenvalue weighted by Gasteiger charge is 2.67. The third kappa shape index (κ3) is 2.50. The monoisotopic (exact) mass is 366 g/mol. The molecule has 2 bridgehead atoms. The lowest BCUT2D eigenvalue weighted by Gasteiger charge is -2.37. The fourth-order valence-corrected chi connectivity index (χ4v) is 5.32. The van der Waals surface area contributed by atoms with E-state index in [2.05, 4.69) is 17.5 Å². The highest BCUT2D eigenvalue weighted by molar-refractivity contribution is 6.09. The second-order valence-electron chi connectivity index (χ2n) is 7.92. The smallest absolute Gasteiger partial charge is 0.244 e. The van der Waals surface area contributed by atoms with Crippen molar-refractivity contribution in [2.24, 2.45) is 35.5 Å². The summed E-state index contributed by atoms with van der Waals surface area (Å²) >= 11 is 0. The van der Waals surface area contributed by atoms with Crippen molar-refractivity contribution in [1.29, 1.82) is 0 Å². The molecule has 6 nitrogen and oxygen atoms in total. The standard InChI is InChI=1S/C21H22N2O4/c1-2-27-12-5-3-11(4-6-12)22-17(24)10-23-20(25)18-13-7-8-14(16-9-15(13)16)19(18)21(23)26/h3-8,13-16,18-19H,2,9-10H2,1H3,(H,22,24)/t13-,14-,15-,16-,18-,19+/m0/s1. The summed E-state index contributed by atoms with van der Waals surface area (Å²) in [4.78, 5) is 39.4. The lowest BCUT2D eigenvalue weighted by atomic mass is 9.63. The maximum atomic E-state index is 12.9. The first-order chi connectivity index (χ1) is 13.1. The average molecular weight is 366 g/mol. The molecule has 6 rings (SSSR count). The molecule has 1 aliphatic heterocycles. The molecular weight excluding hydrogens is 344 g/mol. The zero-order chi connectivity index (χ0) is 18.7. The topological polar surface area (TPSA) is 75.7 Å². The number of hydrogen-bond acceptors (Lipinski definition) is 4. The number of anilines is 1. The summed E-state index contributed by atoms with van der Waals surface area (Å²) in [6.07, 6.45) is 5.40. The van der Waals surface area contributed by atoms with E-state index in [4.69, 9.17) is 4.74 Å². The normalized spacial score (nSPS) is 35.1. The Morgan fingerprint density at radius 2 is 1.67 bits per heavy atom. The zero-order valence-corrected chi connectivity index (χ0v) is 15.1. The number of amides is 3. The summed E-state index contributed by atoms with van der Waals surface area (Å²) in [5.41, 5.74) is 0.614. The van der Waals surface area contributed by atoms with Gasteiger partial charge in [0, 0.05) is 5.69 Å². The minimum absolute atomic E-state index is 0.170. The lowest BCUT2D eigenvalue weighted by Crippen LogP contribution is -2.40. The number of rotatable bonds is 5. The van der Waals surface area contributed by atoms with Crippen molar-refractivity contribution < 1.29 is 19.1 Å². The lowest BCUT2D eigenvalue weighted by molar-refractivity contribution is -0.142. The second-order valence-corrected chi connectivity index (χ2v) is 7.92. The fraction of sp³-hybridized carbons (Fsp3) is 0.476. The van der Waals surface area contributed by atoms with Crippen LogP contribution >= 0.6 is 0 Å². The molecule has 3 fully saturated rings. The molecule has 6 heteroatoms. The summed E-state index contributed by atoms with van der Waals surface area (Å²) in [6, 6.07) is 7.03. The number of imide groups is 1. The van der Waals surface area contributed by atoms with Gasteiger partial charge < -0.3 is 10.1 Å². The van der Waals surface area contributed by atoms with E-state index in [9.17, 15) is 14.4 Å². The molecule has 1 heterocycles. The highest BCUT2D eigenvalue weighted by atomic mass is 16.5. The average Bonchev–Trinajstić information content (AvgIpc) is 3.45. The van der Waals surface area contributed by atoms with Crippen LogP contribution in [0.2, 0.25) is 0 Å². The number of carbonyl (C=O) groups excluding carboxylic acids is 3. The predicted molar refractivity (Wildman–Crippen MR) is 97.7 cm³/mol. The molecule has 4 aliphatic carbocycles. The molecule has 1 N–H and O–H groups in total. The minimum atomic E-state index is -0.357. The van der Waals surface area contributed by atoms with Gasteiger partial charge in [-0.2, -0.15) is 0 Å². The Morgan fingerprint density at radius 3 is 2.22 bits per heavy atom. The predicted octanol–water partition coefficient (Wildman–Crippen LogP) is 2.08. The van der Waals surface area contributed by atoms with Crippen molar-refractivity contribution in [2.45, 2.75) is 13.3 Å². The van der Waals surface area contributed by atoms with E-state index in [-0.39, 0.29) is 47.9 Å². The maximum absolute atomic E-state index is 12.9. The molecule has 0 spiro atoms. The van der Waals surface area contributed by atoms with Gasteiger partial charge in [0.15, 0.2) is 0 Å². The second kappa shape index (κ2) is 5.94. The molecule has 5 aliphatic rings. The van der Waals surface area contributed by atoms with Crippen LogP contribution in [0, 0.1) is 35.5 Å². The molecule has 3 amide bonds. The molecule has 27 heavy (non-hydrogen) atoms.